The lowest BCUT2D eigenvalue weighted by atomic mass is 10.0. The third-order valence-corrected chi connectivity index (χ3v) is 8.37. The molecule has 0 amide bonds. The molecule has 0 spiro atoms. The molecule has 3 heterocycles. The van der Waals surface area contributed by atoms with Gasteiger partial charge in [0.05, 0.1) is 22.4 Å². The van der Waals surface area contributed by atoms with E-state index in [1.54, 1.807) is 11.5 Å². The Balaban J connectivity index is 1.45. The molecule has 5 rings (SSSR count). The molecule has 0 unspecified atom stereocenters. The van der Waals surface area contributed by atoms with Crippen molar-refractivity contribution in [3.63, 3.8) is 0 Å². The van der Waals surface area contributed by atoms with E-state index in [1.165, 1.54) is 22.7 Å². The summed E-state index contributed by atoms with van der Waals surface area (Å²) in [5.41, 5.74) is 2.55. The van der Waals surface area contributed by atoms with Crippen LogP contribution in [-0.2, 0) is 16.1 Å². The van der Waals surface area contributed by atoms with Gasteiger partial charge >= 0.3 is 5.97 Å². The highest BCUT2D eigenvalue weighted by Gasteiger charge is 2.34. The molecule has 200 valence electrons. The Bertz CT molecular complexity index is 1630. The van der Waals surface area contributed by atoms with Gasteiger partial charge in [-0.05, 0) is 54.1 Å². The molecule has 1 aliphatic heterocycles. The molecule has 1 aliphatic rings. The average Bonchev–Trinajstić information content (AvgIpc) is 3.59. The van der Waals surface area contributed by atoms with Gasteiger partial charge in [0.25, 0.3) is 5.56 Å². The van der Waals surface area contributed by atoms with Crippen molar-refractivity contribution in [3.05, 3.63) is 119 Å². The maximum absolute atomic E-state index is 13.7. The van der Waals surface area contributed by atoms with E-state index >= 15 is 0 Å². The van der Waals surface area contributed by atoms with Crippen LogP contribution in [0.4, 0.5) is 0 Å². The number of ether oxygens (including phenoxy) is 2. The molecule has 6 nitrogen and oxygen atoms in total. The number of carbonyl (C=O) groups is 1. The molecular formula is C31H30N2O4S2. The number of nitrogens with zero attached hydrogens (tertiary/aromatic N) is 2. The summed E-state index contributed by atoms with van der Waals surface area (Å²) in [7, 11) is 0. The number of carbonyl (C=O) groups excluding carboxylic acids is 1. The Labute approximate surface area is 235 Å². The zero-order valence-electron chi connectivity index (χ0n) is 22.0. The Kier molecular flexibility index (Phi) is 8.54. The van der Waals surface area contributed by atoms with Gasteiger partial charge in [-0.3, -0.25) is 9.36 Å². The van der Waals surface area contributed by atoms with E-state index in [2.05, 4.69) is 11.9 Å². The predicted molar refractivity (Wildman–Crippen MR) is 156 cm³/mol. The highest BCUT2D eigenvalue weighted by molar-refractivity contribution is 7.10. The summed E-state index contributed by atoms with van der Waals surface area (Å²) in [6, 6.07) is 20.6. The van der Waals surface area contributed by atoms with Crippen LogP contribution in [0.2, 0.25) is 0 Å². The topological polar surface area (TPSA) is 69.9 Å². The summed E-state index contributed by atoms with van der Waals surface area (Å²) >= 11 is 2.83. The zero-order chi connectivity index (χ0) is 27.2. The molecule has 2 aromatic heterocycles. The van der Waals surface area contributed by atoms with Gasteiger partial charge in [0.2, 0.25) is 0 Å². The largest absolute Gasteiger partial charge is 0.494 e. The molecule has 2 aromatic carbocycles. The Morgan fingerprint density at radius 1 is 1.05 bits per heavy atom. The number of benzene rings is 2. The van der Waals surface area contributed by atoms with Gasteiger partial charge in [-0.25, -0.2) is 9.79 Å². The third-order valence-electron chi connectivity index (χ3n) is 6.46. The molecular weight excluding hydrogens is 528 g/mol. The van der Waals surface area contributed by atoms with Crippen molar-refractivity contribution in [2.24, 2.45) is 4.99 Å². The van der Waals surface area contributed by atoms with Crippen LogP contribution >= 0.6 is 22.7 Å². The van der Waals surface area contributed by atoms with Crippen LogP contribution in [0.5, 0.6) is 5.75 Å². The van der Waals surface area contributed by atoms with E-state index in [-0.39, 0.29) is 12.2 Å². The number of hydrogen-bond donors (Lipinski definition) is 0. The summed E-state index contributed by atoms with van der Waals surface area (Å²) < 4.78 is 13.7. The molecule has 0 N–H and O–H groups in total. The van der Waals surface area contributed by atoms with E-state index in [4.69, 9.17) is 9.47 Å². The number of unbranched alkanes of at least 4 members (excludes halogenated alkanes) is 2. The van der Waals surface area contributed by atoms with Gasteiger partial charge in [0.1, 0.15) is 18.4 Å². The van der Waals surface area contributed by atoms with Crippen molar-refractivity contribution < 1.29 is 14.3 Å². The van der Waals surface area contributed by atoms with E-state index < -0.39 is 12.0 Å². The summed E-state index contributed by atoms with van der Waals surface area (Å²) in [4.78, 5) is 33.2. The van der Waals surface area contributed by atoms with Gasteiger partial charge in [0, 0.05) is 4.88 Å². The van der Waals surface area contributed by atoms with Gasteiger partial charge in [-0.1, -0.05) is 79.6 Å². The summed E-state index contributed by atoms with van der Waals surface area (Å²) in [5.74, 6) is 0.346. The van der Waals surface area contributed by atoms with Crippen LogP contribution in [0.1, 0.15) is 55.2 Å². The third kappa shape index (κ3) is 6.13. The van der Waals surface area contributed by atoms with Gasteiger partial charge < -0.3 is 9.47 Å². The first kappa shape index (κ1) is 26.8. The molecule has 0 saturated heterocycles. The van der Waals surface area contributed by atoms with Crippen LogP contribution in [0, 0.1) is 0 Å². The lowest BCUT2D eigenvalue weighted by Gasteiger charge is -2.23. The number of thiazole rings is 1. The summed E-state index contributed by atoms with van der Waals surface area (Å²) in [6.07, 6.45) is 5.20. The van der Waals surface area contributed by atoms with Crippen molar-refractivity contribution in [3.8, 4) is 5.75 Å². The van der Waals surface area contributed by atoms with E-state index in [9.17, 15) is 9.59 Å². The maximum atomic E-state index is 13.7. The second-order valence-electron chi connectivity index (χ2n) is 9.28. The van der Waals surface area contributed by atoms with Gasteiger partial charge in [0.15, 0.2) is 4.80 Å². The zero-order valence-corrected chi connectivity index (χ0v) is 23.6. The number of thiophene rings is 1. The van der Waals surface area contributed by atoms with Crippen LogP contribution < -0.4 is 19.6 Å². The molecule has 4 aromatic rings. The first-order chi connectivity index (χ1) is 19.0. The van der Waals surface area contributed by atoms with Crippen molar-refractivity contribution in [1.82, 2.24) is 4.57 Å². The molecule has 8 heteroatoms. The highest BCUT2D eigenvalue weighted by Crippen LogP contribution is 2.33. The molecule has 1 atom stereocenters. The smallest absolute Gasteiger partial charge is 0.338 e. The monoisotopic (exact) mass is 558 g/mol. The lowest BCUT2D eigenvalue weighted by Crippen LogP contribution is -2.39. The molecule has 39 heavy (non-hydrogen) atoms. The SMILES string of the molecule is CCCCCOc1ccc(/C=c2/sc3n(c2=O)[C@@H](c2cccs2)C(C(=O)OCc2ccccc2)=C(C)N=3)cc1. The number of esters is 1. The van der Waals surface area contributed by atoms with Crippen molar-refractivity contribution >= 4 is 34.7 Å². The van der Waals surface area contributed by atoms with E-state index in [1.807, 2.05) is 78.2 Å². The minimum absolute atomic E-state index is 0.149. The lowest BCUT2D eigenvalue weighted by molar-refractivity contribution is -0.140. The number of hydrogen-bond acceptors (Lipinski definition) is 7. The van der Waals surface area contributed by atoms with Crippen molar-refractivity contribution in [2.75, 3.05) is 6.61 Å². The number of aromatic nitrogens is 1. The van der Waals surface area contributed by atoms with Crippen LogP contribution in [0.3, 0.4) is 0 Å². The minimum Gasteiger partial charge on any atom is -0.494 e. The predicted octanol–water partition coefficient (Wildman–Crippen LogP) is 5.61. The van der Waals surface area contributed by atoms with E-state index in [0.717, 1.165) is 41.0 Å². The number of rotatable bonds is 10. The van der Waals surface area contributed by atoms with Crippen LogP contribution in [0.25, 0.3) is 6.08 Å². The van der Waals surface area contributed by atoms with Crippen LogP contribution in [0.15, 0.2) is 93.2 Å². The van der Waals surface area contributed by atoms with Crippen molar-refractivity contribution in [1.29, 1.82) is 0 Å². The molecule has 0 radical (unpaired) electrons. The fourth-order valence-corrected chi connectivity index (χ4v) is 6.32. The first-order valence-corrected chi connectivity index (χ1v) is 14.7. The second kappa shape index (κ2) is 12.4. The fraction of sp³-hybridized carbons (Fsp3) is 0.258. The quantitative estimate of drug-likeness (QED) is 0.187. The Morgan fingerprint density at radius 3 is 2.56 bits per heavy atom. The minimum atomic E-state index is -0.592. The summed E-state index contributed by atoms with van der Waals surface area (Å²) in [6.45, 7) is 4.82. The van der Waals surface area contributed by atoms with E-state index in [0.29, 0.717) is 27.2 Å². The van der Waals surface area contributed by atoms with Gasteiger partial charge in [-0.15, -0.1) is 11.3 Å². The standard InChI is InChI=1S/C31H30N2O4S2/c1-3-4-8-17-36-24-15-13-22(14-16-24)19-26-29(34)33-28(25-12-9-18-38-25)27(21(2)32-31(33)39-26)30(35)37-20-23-10-6-5-7-11-23/h5-7,9-16,18-19,28H,3-4,8,17,20H2,1-2H3/b26-19+/t28-/m0/s1. The molecule has 0 saturated carbocycles. The van der Waals surface area contributed by atoms with Crippen LogP contribution in [-0.4, -0.2) is 17.1 Å². The molecule has 0 bridgehead atoms. The number of allylic oxidation sites excluding steroid dienone is 1. The van der Waals surface area contributed by atoms with Gasteiger partial charge in [-0.2, -0.15) is 0 Å². The first-order valence-electron chi connectivity index (χ1n) is 13.0. The Hall–Kier alpha value is -3.75. The summed E-state index contributed by atoms with van der Waals surface area (Å²) in [5, 5.41) is 1.94. The maximum Gasteiger partial charge on any atom is 0.338 e. The Morgan fingerprint density at radius 2 is 1.85 bits per heavy atom. The number of fused-ring (bicyclic) bond motifs is 1. The van der Waals surface area contributed by atoms with Crippen molar-refractivity contribution in [2.45, 2.75) is 45.8 Å². The molecule has 0 fully saturated rings. The molecule has 0 aliphatic carbocycles. The fourth-order valence-electron chi connectivity index (χ4n) is 4.45. The normalized spacial score (nSPS) is 15.1. The highest BCUT2D eigenvalue weighted by atomic mass is 32.1. The average molecular weight is 559 g/mol. The second-order valence-corrected chi connectivity index (χ2v) is 11.3.